The van der Waals surface area contributed by atoms with Gasteiger partial charge in [0, 0.05) is 0 Å². The summed E-state index contributed by atoms with van der Waals surface area (Å²) in [5.41, 5.74) is 1.09. The van der Waals surface area contributed by atoms with Crippen LogP contribution in [-0.2, 0) is 14.3 Å². The molecule has 1 aromatic carbocycles. The molecule has 0 heterocycles. The molecule has 0 N–H and O–H groups in total. The predicted molar refractivity (Wildman–Crippen MR) is 65.5 cm³/mol. The lowest BCUT2D eigenvalue weighted by molar-refractivity contribution is -0.141. The maximum Gasteiger partial charge on any atom is 0.321 e. The molecular formula is C12H15BrO3. The second-order valence-electron chi connectivity index (χ2n) is 3.38. The van der Waals surface area contributed by atoms with Gasteiger partial charge in [-0.05, 0) is 12.5 Å². The predicted octanol–water partition coefficient (Wildman–Crippen LogP) is 2.70. The first kappa shape index (κ1) is 13.2. The molecule has 0 saturated heterocycles. The van der Waals surface area contributed by atoms with Crippen molar-refractivity contribution in [3.63, 3.8) is 0 Å². The highest BCUT2D eigenvalue weighted by Gasteiger charge is 2.17. The van der Waals surface area contributed by atoms with Crippen LogP contribution in [0, 0.1) is 0 Å². The van der Waals surface area contributed by atoms with Gasteiger partial charge in [-0.1, -0.05) is 46.3 Å². The molecule has 1 aromatic rings. The second-order valence-corrected chi connectivity index (χ2v) is 4.48. The number of carbonyl (C=O) groups excluding carboxylic acids is 1. The maximum atomic E-state index is 11.1. The molecule has 1 rings (SSSR count). The minimum atomic E-state index is -0.413. The molecule has 0 aliphatic heterocycles. The molecule has 0 aliphatic carbocycles. The van der Waals surface area contributed by atoms with E-state index >= 15 is 0 Å². The Balaban J connectivity index is 2.41. The average molecular weight is 287 g/mol. The van der Waals surface area contributed by atoms with Crippen LogP contribution in [0.3, 0.4) is 0 Å². The number of alkyl halides is 1. The van der Waals surface area contributed by atoms with E-state index in [-0.39, 0.29) is 12.1 Å². The minimum Gasteiger partial charge on any atom is -0.468 e. The monoisotopic (exact) mass is 286 g/mol. The van der Waals surface area contributed by atoms with Crippen LogP contribution in [0.1, 0.15) is 18.6 Å². The zero-order chi connectivity index (χ0) is 12.0. The molecule has 0 aliphatic rings. The summed E-state index contributed by atoms with van der Waals surface area (Å²) >= 11 is 3.20. The molecule has 0 amide bonds. The second kappa shape index (κ2) is 6.66. The van der Waals surface area contributed by atoms with E-state index in [2.05, 4.69) is 20.7 Å². The standard InChI is InChI=1S/C12H15BrO3/c1-9(10-6-4-3-5-7-10)16-8-11(13)12(14)15-2/h3-7,9,11H,8H2,1-2H3. The van der Waals surface area contributed by atoms with Gasteiger partial charge < -0.3 is 9.47 Å². The third-order valence-corrected chi connectivity index (χ3v) is 2.86. The number of carbonyl (C=O) groups is 1. The van der Waals surface area contributed by atoms with E-state index in [1.54, 1.807) is 0 Å². The molecule has 2 unspecified atom stereocenters. The third kappa shape index (κ3) is 3.94. The van der Waals surface area contributed by atoms with Crippen molar-refractivity contribution in [2.45, 2.75) is 17.9 Å². The summed E-state index contributed by atoms with van der Waals surface area (Å²) in [6.45, 7) is 2.25. The Morgan fingerprint density at radius 1 is 1.38 bits per heavy atom. The van der Waals surface area contributed by atoms with Crippen molar-refractivity contribution < 1.29 is 14.3 Å². The van der Waals surface area contributed by atoms with Crippen molar-refractivity contribution in [2.24, 2.45) is 0 Å². The normalized spacial score (nSPS) is 14.2. The molecular weight excluding hydrogens is 272 g/mol. The number of hydrogen-bond donors (Lipinski definition) is 0. The van der Waals surface area contributed by atoms with Crippen molar-refractivity contribution in [2.75, 3.05) is 13.7 Å². The number of ether oxygens (including phenoxy) is 2. The number of methoxy groups -OCH3 is 1. The van der Waals surface area contributed by atoms with E-state index in [1.807, 2.05) is 37.3 Å². The fourth-order valence-electron chi connectivity index (χ4n) is 1.25. The quantitative estimate of drug-likeness (QED) is 0.617. The van der Waals surface area contributed by atoms with Gasteiger partial charge in [0.25, 0.3) is 0 Å². The Morgan fingerprint density at radius 3 is 2.56 bits per heavy atom. The Morgan fingerprint density at radius 2 is 2.00 bits per heavy atom. The molecule has 0 spiro atoms. The lowest BCUT2D eigenvalue weighted by Crippen LogP contribution is -2.22. The molecule has 3 nitrogen and oxygen atoms in total. The lowest BCUT2D eigenvalue weighted by Gasteiger charge is -2.15. The highest BCUT2D eigenvalue weighted by atomic mass is 79.9. The first-order valence-electron chi connectivity index (χ1n) is 5.03. The summed E-state index contributed by atoms with van der Waals surface area (Å²) in [6.07, 6.45) is -0.0362. The molecule has 16 heavy (non-hydrogen) atoms. The van der Waals surface area contributed by atoms with Crippen molar-refractivity contribution in [1.29, 1.82) is 0 Å². The van der Waals surface area contributed by atoms with Gasteiger partial charge in [-0.3, -0.25) is 4.79 Å². The topological polar surface area (TPSA) is 35.5 Å². The van der Waals surface area contributed by atoms with Gasteiger partial charge in [0.1, 0.15) is 4.83 Å². The SMILES string of the molecule is COC(=O)C(Br)COC(C)c1ccccc1. The van der Waals surface area contributed by atoms with Gasteiger partial charge in [-0.2, -0.15) is 0 Å². The van der Waals surface area contributed by atoms with Crippen LogP contribution < -0.4 is 0 Å². The van der Waals surface area contributed by atoms with Crippen LogP contribution in [0.5, 0.6) is 0 Å². The fourth-order valence-corrected chi connectivity index (χ4v) is 1.58. The number of halogens is 1. The molecule has 2 atom stereocenters. The number of benzene rings is 1. The molecule has 0 bridgehead atoms. The van der Waals surface area contributed by atoms with Crippen LogP contribution in [0.2, 0.25) is 0 Å². The van der Waals surface area contributed by atoms with Gasteiger partial charge in [-0.15, -0.1) is 0 Å². The smallest absolute Gasteiger partial charge is 0.321 e. The van der Waals surface area contributed by atoms with Gasteiger partial charge >= 0.3 is 5.97 Å². The Bertz CT molecular complexity index is 326. The summed E-state index contributed by atoms with van der Waals surface area (Å²) < 4.78 is 10.1. The zero-order valence-electron chi connectivity index (χ0n) is 9.35. The maximum absolute atomic E-state index is 11.1. The number of rotatable bonds is 5. The van der Waals surface area contributed by atoms with E-state index in [4.69, 9.17) is 4.74 Å². The summed E-state index contributed by atoms with van der Waals surface area (Å²) in [6, 6.07) is 9.86. The summed E-state index contributed by atoms with van der Waals surface area (Å²) in [5, 5.41) is 0. The van der Waals surface area contributed by atoms with Crippen LogP contribution in [0.4, 0.5) is 0 Å². The van der Waals surface area contributed by atoms with Gasteiger partial charge in [0.2, 0.25) is 0 Å². The zero-order valence-corrected chi connectivity index (χ0v) is 10.9. The van der Waals surface area contributed by atoms with Gasteiger partial charge in [0.05, 0.1) is 19.8 Å². The lowest BCUT2D eigenvalue weighted by atomic mass is 10.1. The van der Waals surface area contributed by atoms with Crippen molar-refractivity contribution in [3.8, 4) is 0 Å². The van der Waals surface area contributed by atoms with Crippen molar-refractivity contribution in [3.05, 3.63) is 35.9 Å². The fraction of sp³-hybridized carbons (Fsp3) is 0.417. The van der Waals surface area contributed by atoms with Gasteiger partial charge in [0.15, 0.2) is 0 Å². The summed E-state index contributed by atoms with van der Waals surface area (Å²) in [7, 11) is 1.36. The van der Waals surface area contributed by atoms with Gasteiger partial charge in [-0.25, -0.2) is 0 Å². The Kier molecular flexibility index (Phi) is 5.49. The first-order valence-corrected chi connectivity index (χ1v) is 5.95. The Labute approximate surface area is 104 Å². The molecule has 0 saturated carbocycles. The van der Waals surface area contributed by atoms with E-state index in [9.17, 15) is 4.79 Å². The van der Waals surface area contributed by atoms with Crippen molar-refractivity contribution in [1.82, 2.24) is 0 Å². The highest BCUT2D eigenvalue weighted by molar-refractivity contribution is 9.10. The third-order valence-electron chi connectivity index (χ3n) is 2.22. The van der Waals surface area contributed by atoms with E-state index in [0.717, 1.165) is 5.56 Å². The van der Waals surface area contributed by atoms with E-state index in [0.29, 0.717) is 6.61 Å². The first-order chi connectivity index (χ1) is 7.65. The Hall–Kier alpha value is -0.870. The molecule has 88 valence electrons. The number of hydrogen-bond acceptors (Lipinski definition) is 3. The molecule has 0 fully saturated rings. The number of esters is 1. The van der Waals surface area contributed by atoms with E-state index in [1.165, 1.54) is 7.11 Å². The van der Waals surface area contributed by atoms with E-state index < -0.39 is 4.83 Å². The van der Waals surface area contributed by atoms with Crippen molar-refractivity contribution >= 4 is 21.9 Å². The molecule has 0 aromatic heterocycles. The average Bonchev–Trinajstić information content (AvgIpc) is 2.35. The van der Waals surface area contributed by atoms with Crippen LogP contribution in [0.15, 0.2) is 30.3 Å². The van der Waals surface area contributed by atoms with Crippen LogP contribution in [0.25, 0.3) is 0 Å². The summed E-state index contributed by atoms with van der Waals surface area (Å²) in [4.78, 5) is 10.7. The van der Waals surface area contributed by atoms with Crippen LogP contribution >= 0.6 is 15.9 Å². The summed E-state index contributed by atoms with van der Waals surface area (Å²) in [5.74, 6) is -0.319. The largest absolute Gasteiger partial charge is 0.468 e. The minimum absolute atomic E-state index is 0.0362. The highest BCUT2D eigenvalue weighted by Crippen LogP contribution is 2.17. The molecule has 4 heteroatoms. The molecule has 0 radical (unpaired) electrons. The van der Waals surface area contributed by atoms with Crippen LogP contribution in [-0.4, -0.2) is 24.5 Å².